The van der Waals surface area contributed by atoms with E-state index in [0.717, 1.165) is 52.6 Å². The van der Waals surface area contributed by atoms with E-state index in [1.54, 1.807) is 17.6 Å². The Hall–Kier alpha value is -3.47. The number of hydrogen-bond donors (Lipinski definition) is 2. The van der Waals surface area contributed by atoms with E-state index in [1.165, 1.54) is 57.8 Å². The van der Waals surface area contributed by atoms with E-state index in [0.29, 0.717) is 38.3 Å². The first-order valence-electron chi connectivity index (χ1n) is 18.9. The zero-order chi connectivity index (χ0) is 35.6. The van der Waals surface area contributed by atoms with Crippen molar-refractivity contribution < 1.29 is 14.3 Å². The molecule has 2 atom stereocenters. The molecule has 0 spiro atoms. The fourth-order valence-corrected chi connectivity index (χ4v) is 7.20. The van der Waals surface area contributed by atoms with E-state index in [2.05, 4.69) is 60.3 Å². The summed E-state index contributed by atoms with van der Waals surface area (Å²) in [7, 11) is 1.95. The number of allylic oxidation sites excluding steroid dienone is 2. The number of rotatable bonds is 23. The molecule has 0 fully saturated rings. The van der Waals surface area contributed by atoms with Gasteiger partial charge in [0.1, 0.15) is 5.52 Å². The van der Waals surface area contributed by atoms with Crippen LogP contribution in [0.15, 0.2) is 52.6 Å². The van der Waals surface area contributed by atoms with Crippen molar-refractivity contribution >= 4 is 50.5 Å². The number of carbonyl (C=O) groups excluding carboxylic acids is 2. The van der Waals surface area contributed by atoms with Crippen molar-refractivity contribution in [3.8, 4) is 0 Å². The minimum atomic E-state index is -0.361. The number of unbranched alkanes of at least 4 members (excludes halogenated alkanes) is 11. The average molecular weight is 753 g/mol. The van der Waals surface area contributed by atoms with E-state index in [4.69, 9.17) is 4.74 Å². The average Bonchev–Trinajstić information content (AvgIpc) is 3.89. The minimum absolute atomic E-state index is 0.0197. The topological polar surface area (TPSA) is 117 Å². The molecule has 4 rings (SSSR count). The molecule has 1 aliphatic heterocycles. The molecule has 2 aromatic heterocycles. The highest BCUT2D eigenvalue weighted by molar-refractivity contribution is 9.10. The molecule has 0 saturated heterocycles. The lowest BCUT2D eigenvalue weighted by Gasteiger charge is -2.30. The zero-order valence-electron chi connectivity index (χ0n) is 30.5. The molecule has 50 heavy (non-hydrogen) atoms. The van der Waals surface area contributed by atoms with Gasteiger partial charge in [-0.25, -0.2) is 9.97 Å². The third kappa shape index (κ3) is 12.1. The van der Waals surface area contributed by atoms with Crippen LogP contribution in [0.2, 0.25) is 0 Å². The number of H-pyrrole nitrogens is 1. The Labute approximate surface area is 307 Å². The van der Waals surface area contributed by atoms with Crippen LogP contribution in [-0.4, -0.2) is 62.0 Å². The number of imidazole rings is 2. The van der Waals surface area contributed by atoms with Gasteiger partial charge >= 0.3 is 5.97 Å². The van der Waals surface area contributed by atoms with Gasteiger partial charge in [0.25, 0.3) is 0 Å². The molecule has 1 amide bonds. The van der Waals surface area contributed by atoms with Crippen molar-refractivity contribution in [2.24, 2.45) is 23.9 Å². The van der Waals surface area contributed by atoms with Crippen molar-refractivity contribution in [1.82, 2.24) is 24.4 Å². The molecule has 0 radical (unpaired) electrons. The Morgan fingerprint density at radius 3 is 2.44 bits per heavy atom. The molecule has 3 heterocycles. The lowest BCUT2D eigenvalue weighted by Crippen LogP contribution is -2.45. The standard InChI is InChI=1S/C39H58BrN7O3/c1-4-6-7-8-9-10-11-12-13-14-15-16-17-18-19-20-35(48)50-27-30(25-31-26-41-29-46(31)3)32(5-2)38(49)47-24-23-42-39(47)45-33-21-22-34-37(36(33)40)44-28-43-34/h12-13,21-22,26,28-30,32H,4-11,14-20,23-25,27H2,1-3H3,(H,42,45)(H,43,44)/b13-12-/t30?,32-/m0/s1. The van der Waals surface area contributed by atoms with Gasteiger partial charge in [0, 0.05) is 43.7 Å². The van der Waals surface area contributed by atoms with Crippen molar-refractivity contribution in [2.75, 3.05) is 25.0 Å². The fraction of sp³-hybridized carbons (Fsp3) is 0.615. The first kappa shape index (κ1) is 39.3. The Morgan fingerprint density at radius 1 is 1.02 bits per heavy atom. The molecule has 1 aliphatic rings. The van der Waals surface area contributed by atoms with E-state index >= 15 is 0 Å². The molecule has 0 saturated carbocycles. The second-order valence-corrected chi connectivity index (χ2v) is 14.3. The second kappa shape index (κ2) is 21.7. The van der Waals surface area contributed by atoms with Gasteiger partial charge in [-0.3, -0.25) is 19.5 Å². The molecule has 1 aromatic carbocycles. The molecule has 3 aromatic rings. The Morgan fingerprint density at radius 2 is 1.74 bits per heavy atom. The van der Waals surface area contributed by atoms with Crippen molar-refractivity contribution in [2.45, 2.75) is 117 Å². The normalized spacial score (nSPS) is 14.4. The number of halogens is 1. The molecule has 11 heteroatoms. The summed E-state index contributed by atoms with van der Waals surface area (Å²) in [5.41, 5.74) is 3.50. The Bertz CT molecular complexity index is 1530. The first-order chi connectivity index (χ1) is 24.4. The highest BCUT2D eigenvalue weighted by atomic mass is 79.9. The summed E-state index contributed by atoms with van der Waals surface area (Å²) in [4.78, 5) is 45.2. The van der Waals surface area contributed by atoms with Gasteiger partial charge in [0.2, 0.25) is 11.9 Å². The van der Waals surface area contributed by atoms with Crippen LogP contribution in [0.3, 0.4) is 0 Å². The van der Waals surface area contributed by atoms with Crippen molar-refractivity contribution in [1.29, 1.82) is 0 Å². The number of aromatic nitrogens is 4. The maximum Gasteiger partial charge on any atom is 0.305 e. The van der Waals surface area contributed by atoms with Crippen LogP contribution >= 0.6 is 15.9 Å². The van der Waals surface area contributed by atoms with Crippen molar-refractivity contribution in [3.63, 3.8) is 0 Å². The monoisotopic (exact) mass is 751 g/mol. The molecule has 0 aliphatic carbocycles. The number of ether oxygens (including phenoxy) is 1. The lowest BCUT2D eigenvalue weighted by atomic mass is 9.85. The highest BCUT2D eigenvalue weighted by Gasteiger charge is 2.35. The summed E-state index contributed by atoms with van der Waals surface area (Å²) >= 11 is 3.66. The quantitative estimate of drug-likeness (QED) is 0.0567. The lowest BCUT2D eigenvalue weighted by molar-refractivity contribution is -0.148. The van der Waals surface area contributed by atoms with Gasteiger partial charge in [-0.2, -0.15) is 0 Å². The van der Waals surface area contributed by atoms with Crippen LogP contribution in [0, 0.1) is 11.8 Å². The SMILES string of the molecule is CCCCCCCC/C=C\CCCCCCCC(=O)OCC(Cc1cncn1C)[C@H](CC)C(=O)N1CCN=C1Nc1ccc2[nH]cnc2c1Br. The third-order valence-electron chi connectivity index (χ3n) is 9.70. The zero-order valence-corrected chi connectivity index (χ0v) is 32.1. The van der Waals surface area contributed by atoms with Gasteiger partial charge in [-0.15, -0.1) is 0 Å². The van der Waals surface area contributed by atoms with Gasteiger partial charge in [0.05, 0.1) is 41.5 Å². The number of hydrogen-bond acceptors (Lipinski definition) is 7. The number of carbonyl (C=O) groups is 2. The molecular weight excluding hydrogens is 694 g/mol. The predicted molar refractivity (Wildman–Crippen MR) is 206 cm³/mol. The number of anilines is 1. The Kier molecular flexibility index (Phi) is 17.0. The molecule has 274 valence electrons. The smallest absolute Gasteiger partial charge is 0.305 e. The van der Waals surface area contributed by atoms with Crippen LogP contribution in [0.1, 0.15) is 116 Å². The maximum atomic E-state index is 14.2. The number of guanidine groups is 1. The number of aliphatic imine (C=N–C) groups is 1. The first-order valence-corrected chi connectivity index (χ1v) is 19.7. The maximum absolute atomic E-state index is 14.2. The summed E-state index contributed by atoms with van der Waals surface area (Å²) < 4.78 is 8.63. The summed E-state index contributed by atoms with van der Waals surface area (Å²) in [6.07, 6.45) is 27.3. The number of esters is 1. The van der Waals surface area contributed by atoms with Crippen molar-refractivity contribution in [3.05, 3.63) is 53.3 Å². The van der Waals surface area contributed by atoms with E-state index < -0.39 is 0 Å². The third-order valence-corrected chi connectivity index (χ3v) is 10.5. The number of benzene rings is 1. The molecule has 2 N–H and O–H groups in total. The summed E-state index contributed by atoms with van der Waals surface area (Å²) in [5.74, 6) is -0.253. The largest absolute Gasteiger partial charge is 0.465 e. The number of aromatic amines is 1. The number of aryl methyl sites for hydroxylation is 1. The molecule has 0 bridgehead atoms. The van der Waals surface area contributed by atoms with Gasteiger partial charge < -0.3 is 19.6 Å². The Balaban J connectivity index is 1.22. The summed E-state index contributed by atoms with van der Waals surface area (Å²) in [5, 5.41) is 3.36. The van der Waals surface area contributed by atoms with E-state index in [9.17, 15) is 9.59 Å². The molecule has 10 nitrogen and oxygen atoms in total. The molecule has 1 unspecified atom stereocenters. The van der Waals surface area contributed by atoms with Crippen LogP contribution in [0.5, 0.6) is 0 Å². The number of nitrogens with one attached hydrogen (secondary N) is 2. The van der Waals surface area contributed by atoms with Gasteiger partial charge in [-0.05, 0) is 73.0 Å². The summed E-state index contributed by atoms with van der Waals surface area (Å²) in [6.45, 7) is 5.48. The van der Waals surface area contributed by atoms with Crippen LogP contribution in [0.4, 0.5) is 5.69 Å². The highest BCUT2D eigenvalue weighted by Crippen LogP contribution is 2.31. The minimum Gasteiger partial charge on any atom is -0.465 e. The van der Waals surface area contributed by atoms with Crippen LogP contribution in [-0.2, 0) is 27.8 Å². The fourth-order valence-electron chi connectivity index (χ4n) is 6.65. The number of amides is 1. The van der Waals surface area contributed by atoms with Crippen LogP contribution < -0.4 is 5.32 Å². The van der Waals surface area contributed by atoms with E-state index in [-0.39, 0.29) is 30.3 Å². The number of nitrogens with zero attached hydrogens (tertiary/aromatic N) is 5. The summed E-state index contributed by atoms with van der Waals surface area (Å²) in [6, 6.07) is 3.88. The van der Waals surface area contributed by atoms with Crippen LogP contribution in [0.25, 0.3) is 11.0 Å². The predicted octanol–water partition coefficient (Wildman–Crippen LogP) is 9.13. The van der Waals surface area contributed by atoms with Gasteiger partial charge in [0.15, 0.2) is 0 Å². The number of fused-ring (bicyclic) bond motifs is 1. The molecular formula is C39H58BrN7O3. The van der Waals surface area contributed by atoms with E-state index in [1.807, 2.05) is 36.9 Å². The van der Waals surface area contributed by atoms with Gasteiger partial charge in [-0.1, -0.05) is 77.4 Å². The second-order valence-electron chi connectivity index (χ2n) is 13.5.